The van der Waals surface area contributed by atoms with E-state index in [0.29, 0.717) is 0 Å². The standard InChI is InChI=1S/C8H17Si/c1-8(9(2)3)6-4-5-7-8/h4-7H2,1-3H3. The van der Waals surface area contributed by atoms with Crippen molar-refractivity contribution in [3.63, 3.8) is 0 Å². The number of hydrogen-bond acceptors (Lipinski definition) is 0. The van der Waals surface area contributed by atoms with Gasteiger partial charge in [0.15, 0.2) is 0 Å². The topological polar surface area (TPSA) is 0 Å². The molecule has 53 valence electrons. The van der Waals surface area contributed by atoms with Crippen LogP contribution in [-0.4, -0.2) is 8.80 Å². The molecule has 1 heteroatoms. The summed E-state index contributed by atoms with van der Waals surface area (Å²) in [5, 5.41) is 0.796. The minimum Gasteiger partial charge on any atom is -0.0709 e. The van der Waals surface area contributed by atoms with Crippen molar-refractivity contribution in [2.45, 2.75) is 50.7 Å². The first-order valence-electron chi connectivity index (χ1n) is 3.96. The molecule has 1 aliphatic carbocycles. The van der Waals surface area contributed by atoms with Crippen molar-refractivity contribution in [2.75, 3.05) is 0 Å². The molecule has 0 nitrogen and oxygen atoms in total. The fraction of sp³-hybridized carbons (Fsp3) is 1.00. The summed E-state index contributed by atoms with van der Waals surface area (Å²) in [5.74, 6) is 0. The van der Waals surface area contributed by atoms with Crippen molar-refractivity contribution in [1.82, 2.24) is 0 Å². The highest BCUT2D eigenvalue weighted by atomic mass is 28.3. The van der Waals surface area contributed by atoms with E-state index in [4.69, 9.17) is 0 Å². The average molecular weight is 141 g/mol. The zero-order valence-electron chi connectivity index (χ0n) is 6.83. The van der Waals surface area contributed by atoms with Crippen LogP contribution in [0, 0.1) is 0 Å². The van der Waals surface area contributed by atoms with E-state index in [9.17, 15) is 0 Å². The van der Waals surface area contributed by atoms with Crippen LogP contribution in [0.15, 0.2) is 0 Å². The van der Waals surface area contributed by atoms with Gasteiger partial charge in [-0.25, -0.2) is 0 Å². The van der Waals surface area contributed by atoms with Gasteiger partial charge in [0.2, 0.25) is 0 Å². The highest BCUT2D eigenvalue weighted by molar-refractivity contribution is 6.59. The van der Waals surface area contributed by atoms with Gasteiger partial charge in [-0.3, -0.25) is 0 Å². The second-order valence-electron chi connectivity index (χ2n) is 3.77. The van der Waals surface area contributed by atoms with E-state index >= 15 is 0 Å². The molecule has 0 spiro atoms. The molecule has 1 saturated carbocycles. The first-order chi connectivity index (χ1) is 4.15. The van der Waals surface area contributed by atoms with Crippen LogP contribution in [0.3, 0.4) is 0 Å². The van der Waals surface area contributed by atoms with Gasteiger partial charge < -0.3 is 0 Å². The quantitative estimate of drug-likeness (QED) is 0.492. The third-order valence-electron chi connectivity index (χ3n) is 2.91. The van der Waals surface area contributed by atoms with E-state index in [2.05, 4.69) is 20.0 Å². The van der Waals surface area contributed by atoms with Crippen molar-refractivity contribution >= 4 is 8.80 Å². The number of hydrogen-bond donors (Lipinski definition) is 0. The molecule has 0 bridgehead atoms. The van der Waals surface area contributed by atoms with Gasteiger partial charge in [-0.1, -0.05) is 45.7 Å². The highest BCUT2D eigenvalue weighted by Crippen LogP contribution is 2.46. The maximum atomic E-state index is 2.48. The smallest absolute Gasteiger partial charge is 0.0477 e. The molecule has 0 aromatic heterocycles. The van der Waals surface area contributed by atoms with Crippen LogP contribution < -0.4 is 0 Å². The van der Waals surface area contributed by atoms with Crippen LogP contribution in [-0.2, 0) is 0 Å². The largest absolute Gasteiger partial charge is 0.0709 e. The summed E-state index contributed by atoms with van der Waals surface area (Å²) in [6.45, 7) is 7.39. The van der Waals surface area contributed by atoms with Crippen LogP contribution in [0.25, 0.3) is 0 Å². The Labute approximate surface area is 60.3 Å². The zero-order chi connectivity index (χ0) is 6.91. The minimum atomic E-state index is -0.0108. The van der Waals surface area contributed by atoms with Gasteiger partial charge in [-0.2, -0.15) is 0 Å². The third-order valence-corrected chi connectivity index (χ3v) is 5.83. The lowest BCUT2D eigenvalue weighted by Gasteiger charge is -2.26. The lowest BCUT2D eigenvalue weighted by molar-refractivity contribution is 0.621. The average Bonchev–Trinajstić information content (AvgIpc) is 2.16. The minimum absolute atomic E-state index is 0.0108. The van der Waals surface area contributed by atoms with Gasteiger partial charge in [0.1, 0.15) is 0 Å². The summed E-state index contributed by atoms with van der Waals surface area (Å²) >= 11 is 0. The maximum Gasteiger partial charge on any atom is 0.0477 e. The van der Waals surface area contributed by atoms with Crippen LogP contribution in [0.4, 0.5) is 0 Å². The Bertz CT molecular complexity index is 90.7. The van der Waals surface area contributed by atoms with Crippen molar-refractivity contribution < 1.29 is 0 Å². The Kier molecular flexibility index (Phi) is 1.99. The van der Waals surface area contributed by atoms with Gasteiger partial charge >= 0.3 is 0 Å². The molecule has 1 fully saturated rings. The van der Waals surface area contributed by atoms with Gasteiger partial charge in [0.05, 0.1) is 0 Å². The van der Waals surface area contributed by atoms with E-state index in [1.54, 1.807) is 0 Å². The number of rotatable bonds is 1. The molecule has 0 amide bonds. The Morgan fingerprint density at radius 1 is 1.11 bits per heavy atom. The summed E-state index contributed by atoms with van der Waals surface area (Å²) in [6.07, 6.45) is 6.00. The van der Waals surface area contributed by atoms with Gasteiger partial charge in [0, 0.05) is 8.80 Å². The Morgan fingerprint density at radius 2 is 1.56 bits per heavy atom. The summed E-state index contributed by atoms with van der Waals surface area (Å²) < 4.78 is 0. The molecule has 0 heterocycles. The third kappa shape index (κ3) is 1.37. The zero-order valence-corrected chi connectivity index (χ0v) is 7.83. The normalized spacial score (nSPS) is 25.3. The fourth-order valence-electron chi connectivity index (χ4n) is 1.66. The summed E-state index contributed by atoms with van der Waals surface area (Å²) in [4.78, 5) is 0. The van der Waals surface area contributed by atoms with Crippen LogP contribution in [0.2, 0.25) is 18.1 Å². The molecule has 1 radical (unpaired) electrons. The molecule has 1 aliphatic rings. The van der Waals surface area contributed by atoms with Crippen molar-refractivity contribution in [1.29, 1.82) is 0 Å². The molecule has 1 rings (SSSR count). The lowest BCUT2D eigenvalue weighted by atomic mass is 10.1. The molecule has 0 atom stereocenters. The molecule has 0 aliphatic heterocycles. The Balaban J connectivity index is 2.51. The van der Waals surface area contributed by atoms with E-state index in [1.165, 1.54) is 25.7 Å². The highest BCUT2D eigenvalue weighted by Gasteiger charge is 2.32. The molecule has 0 aromatic carbocycles. The molecular weight excluding hydrogens is 124 g/mol. The van der Waals surface area contributed by atoms with Gasteiger partial charge in [0.25, 0.3) is 0 Å². The van der Waals surface area contributed by atoms with E-state index < -0.39 is 0 Å². The maximum absolute atomic E-state index is 2.48. The first kappa shape index (κ1) is 7.33. The predicted octanol–water partition coefficient (Wildman–Crippen LogP) is 3.08. The molecule has 0 unspecified atom stereocenters. The van der Waals surface area contributed by atoms with E-state index in [1.807, 2.05) is 0 Å². The fourth-order valence-corrected chi connectivity index (χ4v) is 3.01. The van der Waals surface area contributed by atoms with Gasteiger partial charge in [-0.15, -0.1) is 0 Å². The summed E-state index contributed by atoms with van der Waals surface area (Å²) in [6, 6.07) is 0. The van der Waals surface area contributed by atoms with Crippen molar-refractivity contribution in [3.8, 4) is 0 Å². The Morgan fingerprint density at radius 3 is 1.78 bits per heavy atom. The van der Waals surface area contributed by atoms with Crippen molar-refractivity contribution in [3.05, 3.63) is 0 Å². The summed E-state index contributed by atoms with van der Waals surface area (Å²) in [5.41, 5.74) is 0. The monoisotopic (exact) mass is 141 g/mol. The molecule has 9 heavy (non-hydrogen) atoms. The lowest BCUT2D eigenvalue weighted by Crippen LogP contribution is -2.20. The predicted molar refractivity (Wildman–Crippen MR) is 44.3 cm³/mol. The van der Waals surface area contributed by atoms with Crippen LogP contribution in [0.5, 0.6) is 0 Å². The summed E-state index contributed by atoms with van der Waals surface area (Å²) in [7, 11) is -0.0108. The first-order valence-corrected chi connectivity index (χ1v) is 6.46. The SMILES string of the molecule is C[Si](C)C1(C)CCCC1. The molecular formula is C8H17Si. The molecule has 0 aromatic rings. The second-order valence-corrected chi connectivity index (χ2v) is 6.97. The van der Waals surface area contributed by atoms with Gasteiger partial charge in [-0.05, 0) is 5.04 Å². The second kappa shape index (κ2) is 2.45. The molecule has 0 N–H and O–H groups in total. The van der Waals surface area contributed by atoms with E-state index in [0.717, 1.165) is 5.04 Å². The molecule has 0 saturated heterocycles. The van der Waals surface area contributed by atoms with E-state index in [-0.39, 0.29) is 8.80 Å². The van der Waals surface area contributed by atoms with Crippen LogP contribution in [0.1, 0.15) is 32.6 Å². The van der Waals surface area contributed by atoms with Crippen molar-refractivity contribution in [2.24, 2.45) is 0 Å². The van der Waals surface area contributed by atoms with Crippen LogP contribution >= 0.6 is 0 Å². The Hall–Kier alpha value is 0.217.